The SMILES string of the molecule is CC(C)C[C@@H](NC(=O)c1ccccc1OCC(=O)NC1(C)CC1)C(=O)N1CCC[C@@H]1C(=O)N1CCN(C)CC1. The molecule has 0 radical (unpaired) electrons. The summed E-state index contributed by atoms with van der Waals surface area (Å²) in [5.74, 6) is -0.472. The highest BCUT2D eigenvalue weighted by molar-refractivity contribution is 6.00. The van der Waals surface area contributed by atoms with E-state index in [0.717, 1.165) is 32.4 Å². The van der Waals surface area contributed by atoms with E-state index >= 15 is 0 Å². The molecule has 1 aromatic carbocycles. The van der Waals surface area contributed by atoms with Crippen molar-refractivity contribution in [1.29, 1.82) is 0 Å². The van der Waals surface area contributed by atoms with Crippen LogP contribution in [0.25, 0.3) is 0 Å². The summed E-state index contributed by atoms with van der Waals surface area (Å²) in [6.45, 7) is 9.25. The van der Waals surface area contributed by atoms with Crippen LogP contribution in [0.1, 0.15) is 63.2 Å². The first-order chi connectivity index (χ1) is 18.6. The highest BCUT2D eigenvalue weighted by atomic mass is 16.5. The zero-order valence-corrected chi connectivity index (χ0v) is 23.7. The molecule has 1 saturated carbocycles. The van der Waals surface area contributed by atoms with E-state index in [4.69, 9.17) is 4.74 Å². The lowest BCUT2D eigenvalue weighted by atomic mass is 10.0. The van der Waals surface area contributed by atoms with E-state index in [0.29, 0.717) is 32.5 Å². The molecule has 1 aliphatic carbocycles. The van der Waals surface area contributed by atoms with Crippen LogP contribution in [0.4, 0.5) is 0 Å². The maximum Gasteiger partial charge on any atom is 0.258 e. The predicted octanol–water partition coefficient (Wildman–Crippen LogP) is 1.64. The molecule has 3 aliphatic rings. The summed E-state index contributed by atoms with van der Waals surface area (Å²) >= 11 is 0. The molecule has 1 aromatic rings. The van der Waals surface area contributed by atoms with Crippen molar-refractivity contribution >= 4 is 23.6 Å². The molecule has 39 heavy (non-hydrogen) atoms. The number of likely N-dealkylation sites (N-methyl/N-ethyl adjacent to an activating group) is 1. The Morgan fingerprint density at radius 1 is 1.05 bits per heavy atom. The van der Waals surface area contributed by atoms with Crippen LogP contribution in [-0.2, 0) is 14.4 Å². The number of amides is 4. The Balaban J connectivity index is 1.43. The van der Waals surface area contributed by atoms with Gasteiger partial charge in [0.05, 0.1) is 5.56 Å². The summed E-state index contributed by atoms with van der Waals surface area (Å²) in [5.41, 5.74) is 0.108. The number of carbonyl (C=O) groups is 4. The molecule has 4 rings (SSSR count). The van der Waals surface area contributed by atoms with E-state index in [1.165, 1.54) is 0 Å². The number of nitrogens with zero attached hydrogens (tertiary/aromatic N) is 3. The lowest BCUT2D eigenvalue weighted by Gasteiger charge is -2.36. The molecule has 10 nitrogen and oxygen atoms in total. The Morgan fingerprint density at radius 3 is 2.41 bits per heavy atom. The van der Waals surface area contributed by atoms with Gasteiger partial charge in [-0.1, -0.05) is 26.0 Å². The van der Waals surface area contributed by atoms with Gasteiger partial charge in [-0.25, -0.2) is 0 Å². The number of rotatable bonds is 10. The van der Waals surface area contributed by atoms with Gasteiger partial charge in [0, 0.05) is 38.3 Å². The maximum atomic E-state index is 13.8. The first kappa shape index (κ1) is 28.9. The van der Waals surface area contributed by atoms with E-state index in [-0.39, 0.29) is 47.1 Å². The fourth-order valence-electron chi connectivity index (χ4n) is 5.26. The minimum absolute atomic E-state index is 0.000604. The van der Waals surface area contributed by atoms with Gasteiger partial charge < -0.3 is 30.1 Å². The third kappa shape index (κ3) is 7.50. The number of benzene rings is 1. The number of likely N-dealkylation sites (tertiary alicyclic amines) is 1. The number of nitrogens with one attached hydrogen (secondary N) is 2. The van der Waals surface area contributed by atoms with Crippen LogP contribution < -0.4 is 15.4 Å². The molecule has 10 heteroatoms. The summed E-state index contributed by atoms with van der Waals surface area (Å²) < 4.78 is 5.72. The van der Waals surface area contributed by atoms with Crippen LogP contribution in [0.5, 0.6) is 5.75 Å². The topological polar surface area (TPSA) is 111 Å². The molecule has 214 valence electrons. The molecular weight excluding hydrogens is 498 g/mol. The number of para-hydroxylation sites is 1. The fraction of sp³-hybridized carbons (Fsp3) is 0.655. The highest BCUT2D eigenvalue weighted by Gasteiger charge is 2.40. The maximum absolute atomic E-state index is 13.8. The van der Waals surface area contributed by atoms with Crippen molar-refractivity contribution in [3.8, 4) is 5.75 Å². The third-order valence-corrected chi connectivity index (χ3v) is 7.88. The van der Waals surface area contributed by atoms with Crippen molar-refractivity contribution in [3.05, 3.63) is 29.8 Å². The van der Waals surface area contributed by atoms with Crippen molar-refractivity contribution in [2.45, 2.75) is 70.5 Å². The van der Waals surface area contributed by atoms with Gasteiger partial charge >= 0.3 is 0 Å². The number of piperazine rings is 1. The average Bonchev–Trinajstić information content (AvgIpc) is 3.42. The molecule has 2 N–H and O–H groups in total. The lowest BCUT2D eigenvalue weighted by molar-refractivity contribution is -0.145. The van der Waals surface area contributed by atoms with Gasteiger partial charge in [-0.2, -0.15) is 0 Å². The number of hydrogen-bond donors (Lipinski definition) is 2. The molecule has 0 bridgehead atoms. The standard InChI is InChI=1S/C29H43N5O5/c1-20(2)18-22(27(37)34-13-7-9-23(34)28(38)33-16-14-32(4)15-17-33)30-26(36)21-8-5-6-10-24(21)39-19-25(35)31-29(3)11-12-29/h5-6,8,10,20,22-23H,7,9,11-19H2,1-4H3,(H,30,36)(H,31,35)/t22-,23-/m1/s1. The van der Waals surface area contributed by atoms with E-state index in [1.54, 1.807) is 29.2 Å². The zero-order valence-electron chi connectivity index (χ0n) is 23.7. The molecule has 4 amide bonds. The van der Waals surface area contributed by atoms with Crippen LogP contribution in [0, 0.1) is 5.92 Å². The Hall–Kier alpha value is -3.14. The van der Waals surface area contributed by atoms with Crippen molar-refractivity contribution in [3.63, 3.8) is 0 Å². The normalized spacial score (nSPS) is 21.4. The van der Waals surface area contributed by atoms with Gasteiger partial charge in [0.1, 0.15) is 17.8 Å². The summed E-state index contributed by atoms with van der Waals surface area (Å²) in [4.78, 5) is 58.5. The van der Waals surface area contributed by atoms with Crippen molar-refractivity contribution in [1.82, 2.24) is 25.3 Å². The van der Waals surface area contributed by atoms with Crippen LogP contribution in [0.15, 0.2) is 24.3 Å². The molecule has 2 heterocycles. The van der Waals surface area contributed by atoms with E-state index in [9.17, 15) is 19.2 Å². The lowest BCUT2D eigenvalue weighted by Crippen LogP contribution is -2.56. The Labute approximate surface area is 231 Å². The molecule has 3 fully saturated rings. The molecule has 0 unspecified atom stereocenters. The number of hydrogen-bond acceptors (Lipinski definition) is 6. The summed E-state index contributed by atoms with van der Waals surface area (Å²) in [6.07, 6.45) is 3.73. The second kappa shape index (κ2) is 12.4. The Kier molecular flexibility index (Phi) is 9.15. The molecule has 2 aliphatic heterocycles. The van der Waals surface area contributed by atoms with Crippen molar-refractivity contribution in [2.75, 3.05) is 46.4 Å². The van der Waals surface area contributed by atoms with E-state index in [2.05, 4.69) is 15.5 Å². The fourth-order valence-corrected chi connectivity index (χ4v) is 5.26. The molecule has 2 atom stereocenters. The van der Waals surface area contributed by atoms with Gasteiger partial charge in [-0.05, 0) is 64.1 Å². The van der Waals surface area contributed by atoms with Crippen LogP contribution >= 0.6 is 0 Å². The summed E-state index contributed by atoms with van der Waals surface area (Å²) in [7, 11) is 2.04. The van der Waals surface area contributed by atoms with E-state index in [1.807, 2.05) is 32.7 Å². The van der Waals surface area contributed by atoms with Crippen molar-refractivity contribution < 1.29 is 23.9 Å². The zero-order chi connectivity index (χ0) is 28.2. The minimum atomic E-state index is -0.774. The van der Waals surface area contributed by atoms with Gasteiger partial charge in [-0.15, -0.1) is 0 Å². The van der Waals surface area contributed by atoms with Gasteiger partial charge in [0.2, 0.25) is 11.8 Å². The first-order valence-corrected chi connectivity index (χ1v) is 14.2. The quantitative estimate of drug-likeness (QED) is 0.466. The Morgan fingerprint density at radius 2 is 1.74 bits per heavy atom. The molecule has 0 spiro atoms. The minimum Gasteiger partial charge on any atom is -0.483 e. The molecular formula is C29H43N5O5. The Bertz CT molecular complexity index is 1060. The summed E-state index contributed by atoms with van der Waals surface area (Å²) in [6, 6.07) is 5.46. The van der Waals surface area contributed by atoms with Crippen LogP contribution in [-0.4, -0.2) is 102 Å². The number of ether oxygens (including phenoxy) is 1. The third-order valence-electron chi connectivity index (χ3n) is 7.88. The van der Waals surface area contributed by atoms with E-state index < -0.39 is 18.0 Å². The van der Waals surface area contributed by atoms with Crippen LogP contribution in [0.2, 0.25) is 0 Å². The first-order valence-electron chi connectivity index (χ1n) is 14.2. The number of carbonyl (C=O) groups excluding carboxylic acids is 4. The summed E-state index contributed by atoms with van der Waals surface area (Å²) in [5, 5.41) is 5.86. The average molecular weight is 542 g/mol. The molecule has 2 saturated heterocycles. The second-order valence-electron chi connectivity index (χ2n) is 11.9. The largest absolute Gasteiger partial charge is 0.483 e. The monoisotopic (exact) mass is 541 g/mol. The van der Waals surface area contributed by atoms with Gasteiger partial charge in [0.25, 0.3) is 11.8 Å². The second-order valence-corrected chi connectivity index (χ2v) is 11.9. The molecule has 0 aromatic heterocycles. The predicted molar refractivity (Wildman–Crippen MR) is 147 cm³/mol. The van der Waals surface area contributed by atoms with Crippen molar-refractivity contribution in [2.24, 2.45) is 5.92 Å². The smallest absolute Gasteiger partial charge is 0.258 e. The van der Waals surface area contributed by atoms with Gasteiger partial charge in [0.15, 0.2) is 6.61 Å². The van der Waals surface area contributed by atoms with Crippen LogP contribution in [0.3, 0.4) is 0 Å². The van der Waals surface area contributed by atoms with Gasteiger partial charge in [-0.3, -0.25) is 19.2 Å². The highest BCUT2D eigenvalue weighted by Crippen LogP contribution is 2.34.